The third kappa shape index (κ3) is 3.68. The van der Waals surface area contributed by atoms with Gasteiger partial charge in [-0.3, -0.25) is 19.7 Å². The first-order valence-corrected chi connectivity index (χ1v) is 6.53. The lowest BCUT2D eigenvalue weighted by molar-refractivity contribution is -0.384. The van der Waals surface area contributed by atoms with E-state index < -0.39 is 16.9 Å². The van der Waals surface area contributed by atoms with Gasteiger partial charge in [0.2, 0.25) is 11.8 Å². The van der Waals surface area contributed by atoms with Crippen molar-refractivity contribution in [2.75, 3.05) is 5.32 Å². The summed E-state index contributed by atoms with van der Waals surface area (Å²) in [5, 5.41) is 16.5. The Bertz CT molecular complexity index is 598. The second kappa shape index (κ2) is 5.78. The molecule has 2 amide bonds. The van der Waals surface area contributed by atoms with E-state index in [1.165, 1.54) is 18.2 Å². The molecular formula is C13H16N4O4. The van der Waals surface area contributed by atoms with Crippen molar-refractivity contribution in [3.63, 3.8) is 0 Å². The van der Waals surface area contributed by atoms with Crippen molar-refractivity contribution in [1.29, 1.82) is 0 Å². The number of rotatable bonds is 6. The minimum Gasteiger partial charge on any atom is -0.368 e. The molecule has 4 N–H and O–H groups in total. The second-order valence-electron chi connectivity index (χ2n) is 5.00. The molecule has 0 bridgehead atoms. The highest BCUT2D eigenvalue weighted by Gasteiger charge is 2.26. The van der Waals surface area contributed by atoms with E-state index in [1.54, 1.807) is 6.92 Å². The molecule has 112 valence electrons. The third-order valence-corrected chi connectivity index (χ3v) is 3.17. The van der Waals surface area contributed by atoms with E-state index in [9.17, 15) is 19.7 Å². The molecule has 2 rings (SSSR count). The number of primary amides is 1. The van der Waals surface area contributed by atoms with E-state index in [0.717, 1.165) is 12.8 Å². The lowest BCUT2D eigenvalue weighted by Crippen LogP contribution is -2.38. The van der Waals surface area contributed by atoms with Gasteiger partial charge in [-0.05, 0) is 31.9 Å². The molecule has 1 aliphatic rings. The van der Waals surface area contributed by atoms with Crippen molar-refractivity contribution in [1.82, 2.24) is 5.32 Å². The predicted octanol–water partition coefficient (Wildman–Crippen LogP) is 0.773. The zero-order chi connectivity index (χ0) is 15.6. The Kier molecular flexibility index (Phi) is 4.06. The normalized spacial score (nSPS) is 15.1. The average Bonchev–Trinajstić information content (AvgIpc) is 3.22. The minimum atomic E-state index is -0.692. The molecule has 0 radical (unpaired) electrons. The monoisotopic (exact) mass is 292 g/mol. The maximum Gasteiger partial charge on any atom is 0.292 e. The van der Waals surface area contributed by atoms with Crippen LogP contribution in [0.5, 0.6) is 0 Å². The van der Waals surface area contributed by atoms with Crippen molar-refractivity contribution >= 4 is 23.2 Å². The van der Waals surface area contributed by atoms with Crippen LogP contribution in [-0.2, 0) is 4.79 Å². The maximum absolute atomic E-state index is 11.9. The number of nitrogens with two attached hydrogens (primary N) is 1. The zero-order valence-electron chi connectivity index (χ0n) is 11.5. The molecule has 1 fully saturated rings. The van der Waals surface area contributed by atoms with Crippen molar-refractivity contribution in [3.05, 3.63) is 33.9 Å². The second-order valence-corrected chi connectivity index (χ2v) is 5.00. The Hall–Kier alpha value is -2.64. The zero-order valence-corrected chi connectivity index (χ0v) is 11.5. The van der Waals surface area contributed by atoms with Crippen LogP contribution in [0, 0.1) is 10.1 Å². The van der Waals surface area contributed by atoms with E-state index in [0.29, 0.717) is 0 Å². The number of hydrogen-bond acceptors (Lipinski definition) is 5. The minimum absolute atomic E-state index is 0.0924. The van der Waals surface area contributed by atoms with Crippen LogP contribution in [0.25, 0.3) is 0 Å². The Morgan fingerprint density at radius 2 is 2.10 bits per heavy atom. The highest BCUT2D eigenvalue weighted by Crippen LogP contribution is 2.26. The number of amides is 2. The Morgan fingerprint density at radius 3 is 2.62 bits per heavy atom. The topological polar surface area (TPSA) is 127 Å². The fourth-order valence-corrected chi connectivity index (χ4v) is 1.82. The largest absolute Gasteiger partial charge is 0.368 e. The molecule has 1 aromatic rings. The molecule has 1 aromatic carbocycles. The number of nitro benzene ring substituents is 1. The number of nitro groups is 1. The lowest BCUT2D eigenvalue weighted by Gasteiger charge is -2.15. The molecule has 1 atom stereocenters. The van der Waals surface area contributed by atoms with Gasteiger partial charge in [-0.15, -0.1) is 0 Å². The van der Waals surface area contributed by atoms with Crippen LogP contribution in [0.1, 0.15) is 30.1 Å². The molecule has 1 unspecified atom stereocenters. The molecule has 0 heterocycles. The van der Waals surface area contributed by atoms with Crippen molar-refractivity contribution in [2.45, 2.75) is 31.8 Å². The summed E-state index contributed by atoms with van der Waals surface area (Å²) in [5.41, 5.74) is 5.17. The molecule has 0 spiro atoms. The summed E-state index contributed by atoms with van der Waals surface area (Å²) >= 11 is 0. The van der Waals surface area contributed by atoms with Crippen LogP contribution in [0.15, 0.2) is 18.2 Å². The van der Waals surface area contributed by atoms with Gasteiger partial charge in [0, 0.05) is 17.7 Å². The molecule has 8 heteroatoms. The van der Waals surface area contributed by atoms with Crippen LogP contribution < -0.4 is 16.4 Å². The highest BCUT2D eigenvalue weighted by atomic mass is 16.6. The van der Waals surface area contributed by atoms with Crippen LogP contribution in [-0.4, -0.2) is 28.8 Å². The summed E-state index contributed by atoms with van der Waals surface area (Å²) in [6.45, 7) is 1.60. The quantitative estimate of drug-likeness (QED) is 0.527. The number of carbonyl (C=O) groups excluding carboxylic acids is 2. The van der Waals surface area contributed by atoms with E-state index in [1.807, 2.05) is 0 Å². The molecule has 21 heavy (non-hydrogen) atoms. The third-order valence-electron chi connectivity index (χ3n) is 3.17. The van der Waals surface area contributed by atoms with E-state index in [2.05, 4.69) is 10.6 Å². The molecule has 0 aliphatic heterocycles. The van der Waals surface area contributed by atoms with Crippen LogP contribution >= 0.6 is 0 Å². The molecule has 8 nitrogen and oxygen atoms in total. The Labute approximate surface area is 120 Å². The lowest BCUT2D eigenvalue weighted by atomic mass is 10.1. The first-order chi connectivity index (χ1) is 9.88. The van der Waals surface area contributed by atoms with E-state index in [-0.39, 0.29) is 28.9 Å². The van der Waals surface area contributed by atoms with Crippen LogP contribution in [0.4, 0.5) is 11.4 Å². The molecule has 1 aliphatic carbocycles. The number of benzene rings is 1. The fourth-order valence-electron chi connectivity index (χ4n) is 1.82. The van der Waals surface area contributed by atoms with Crippen molar-refractivity contribution in [3.8, 4) is 0 Å². The number of nitrogens with one attached hydrogen (secondary N) is 2. The van der Waals surface area contributed by atoms with Gasteiger partial charge in [0.25, 0.3) is 5.69 Å². The Balaban J connectivity index is 2.19. The van der Waals surface area contributed by atoms with Crippen molar-refractivity contribution in [2.24, 2.45) is 5.73 Å². The standard InChI is InChI=1S/C13H16N4O4/c1-7(13(19)16-9-3-4-9)15-10-6-8(12(14)18)2-5-11(10)17(20)21/h2,5-7,9,15H,3-4H2,1H3,(H2,14,18)(H,16,19). The van der Waals surface area contributed by atoms with Gasteiger partial charge in [0.1, 0.15) is 11.7 Å². The first kappa shape index (κ1) is 14.8. The summed E-state index contributed by atoms with van der Waals surface area (Å²) in [5.74, 6) is -0.931. The van der Waals surface area contributed by atoms with Gasteiger partial charge >= 0.3 is 0 Å². The predicted molar refractivity (Wildman–Crippen MR) is 75.9 cm³/mol. The smallest absolute Gasteiger partial charge is 0.292 e. The Morgan fingerprint density at radius 1 is 1.43 bits per heavy atom. The fraction of sp³-hybridized carbons (Fsp3) is 0.385. The molecule has 0 saturated heterocycles. The van der Waals surface area contributed by atoms with Crippen LogP contribution in [0.3, 0.4) is 0 Å². The van der Waals surface area contributed by atoms with Gasteiger partial charge in [0.15, 0.2) is 0 Å². The number of hydrogen-bond donors (Lipinski definition) is 3. The maximum atomic E-state index is 11.9. The van der Waals surface area contributed by atoms with Gasteiger partial charge in [-0.2, -0.15) is 0 Å². The summed E-state index contributed by atoms with van der Waals surface area (Å²) in [6, 6.07) is 3.29. The molecule has 1 saturated carbocycles. The number of anilines is 1. The summed E-state index contributed by atoms with van der Waals surface area (Å²) in [4.78, 5) is 33.4. The highest BCUT2D eigenvalue weighted by molar-refractivity contribution is 5.95. The number of carbonyl (C=O) groups is 2. The van der Waals surface area contributed by atoms with Gasteiger partial charge < -0.3 is 16.4 Å². The SMILES string of the molecule is CC(Nc1cc(C(N)=O)ccc1[N+](=O)[O-])C(=O)NC1CC1. The summed E-state index contributed by atoms with van der Waals surface area (Å²) in [7, 11) is 0. The first-order valence-electron chi connectivity index (χ1n) is 6.53. The van der Waals surface area contributed by atoms with Gasteiger partial charge in [-0.25, -0.2) is 0 Å². The molecule has 0 aromatic heterocycles. The van der Waals surface area contributed by atoms with Gasteiger partial charge in [-0.1, -0.05) is 0 Å². The molecular weight excluding hydrogens is 276 g/mol. The summed E-state index contributed by atoms with van der Waals surface area (Å²) in [6.07, 6.45) is 1.91. The van der Waals surface area contributed by atoms with Gasteiger partial charge in [0.05, 0.1) is 4.92 Å². The average molecular weight is 292 g/mol. The van der Waals surface area contributed by atoms with E-state index >= 15 is 0 Å². The van der Waals surface area contributed by atoms with Crippen LogP contribution in [0.2, 0.25) is 0 Å². The van der Waals surface area contributed by atoms with Crippen molar-refractivity contribution < 1.29 is 14.5 Å². The number of nitrogens with zero attached hydrogens (tertiary/aromatic N) is 1. The summed E-state index contributed by atoms with van der Waals surface area (Å²) < 4.78 is 0. The van der Waals surface area contributed by atoms with E-state index in [4.69, 9.17) is 5.73 Å².